The first-order valence-corrected chi connectivity index (χ1v) is 9.00. The van der Waals surface area contributed by atoms with Crippen molar-refractivity contribution in [3.8, 4) is 0 Å². The molecule has 0 bridgehead atoms. The molecular weight excluding hydrogens is 314 g/mol. The minimum atomic E-state index is -3.67. The predicted octanol–water partition coefficient (Wildman–Crippen LogP) is 2.51. The zero-order valence-electron chi connectivity index (χ0n) is 12.2. The number of nitro groups is 1. The molecule has 0 saturated carbocycles. The molecule has 7 nitrogen and oxygen atoms in total. The lowest BCUT2D eigenvalue weighted by Crippen LogP contribution is -2.43. The summed E-state index contributed by atoms with van der Waals surface area (Å²) in [6.07, 6.45) is 1.63. The van der Waals surface area contributed by atoms with Crippen molar-refractivity contribution in [2.75, 3.05) is 18.9 Å². The number of thiophene rings is 1. The highest BCUT2D eigenvalue weighted by Crippen LogP contribution is 2.39. The largest absolute Gasteiger partial charge is 0.374 e. The van der Waals surface area contributed by atoms with E-state index in [9.17, 15) is 18.5 Å². The van der Waals surface area contributed by atoms with Gasteiger partial charge >= 0.3 is 5.69 Å². The van der Waals surface area contributed by atoms with Crippen molar-refractivity contribution in [3.63, 3.8) is 0 Å². The van der Waals surface area contributed by atoms with E-state index in [0.717, 1.165) is 30.2 Å². The highest BCUT2D eigenvalue weighted by atomic mass is 32.2. The summed E-state index contributed by atoms with van der Waals surface area (Å²) in [4.78, 5) is 10.4. The zero-order chi connectivity index (χ0) is 15.8. The van der Waals surface area contributed by atoms with Gasteiger partial charge in [-0.25, -0.2) is 8.42 Å². The van der Waals surface area contributed by atoms with Gasteiger partial charge in [0.15, 0.2) is 5.00 Å². The Morgan fingerprint density at radius 2 is 2.14 bits per heavy atom. The van der Waals surface area contributed by atoms with Crippen LogP contribution in [0, 0.1) is 16.0 Å². The molecule has 1 N–H and O–H groups in total. The fraction of sp³-hybridized carbons (Fsp3) is 0.667. The van der Waals surface area contributed by atoms with Gasteiger partial charge in [0.2, 0.25) is 0 Å². The standard InChI is InChI=1S/C12H19N3O4S2/c1-8-4-5-14(9(2)6-8)21(18,19)11-7-10(15(16)17)12(13-3)20-11/h7-9,13H,4-6H2,1-3H3. The van der Waals surface area contributed by atoms with Crippen LogP contribution in [0.3, 0.4) is 0 Å². The number of anilines is 1. The lowest BCUT2D eigenvalue weighted by Gasteiger charge is -2.34. The Labute approximate surface area is 128 Å². The first-order valence-electron chi connectivity index (χ1n) is 6.75. The highest BCUT2D eigenvalue weighted by Gasteiger charge is 2.36. The van der Waals surface area contributed by atoms with Crippen LogP contribution in [0.2, 0.25) is 0 Å². The van der Waals surface area contributed by atoms with Gasteiger partial charge in [0.1, 0.15) is 4.21 Å². The molecular formula is C12H19N3O4S2. The van der Waals surface area contributed by atoms with Gasteiger partial charge in [-0.2, -0.15) is 4.31 Å². The van der Waals surface area contributed by atoms with Crippen LogP contribution in [0.1, 0.15) is 26.7 Å². The van der Waals surface area contributed by atoms with Crippen LogP contribution in [-0.4, -0.2) is 37.3 Å². The van der Waals surface area contributed by atoms with Crippen molar-refractivity contribution in [1.29, 1.82) is 0 Å². The van der Waals surface area contributed by atoms with E-state index in [4.69, 9.17) is 0 Å². The molecule has 118 valence electrons. The summed E-state index contributed by atoms with van der Waals surface area (Å²) in [6, 6.07) is 1.06. The molecule has 1 aromatic heterocycles. The van der Waals surface area contributed by atoms with Crippen LogP contribution in [0.5, 0.6) is 0 Å². The second-order valence-electron chi connectivity index (χ2n) is 5.38. The Morgan fingerprint density at radius 1 is 1.48 bits per heavy atom. The lowest BCUT2D eigenvalue weighted by molar-refractivity contribution is -0.383. The Kier molecular flexibility index (Phi) is 4.54. The maximum atomic E-state index is 12.7. The highest BCUT2D eigenvalue weighted by molar-refractivity contribution is 7.91. The van der Waals surface area contributed by atoms with Crippen molar-refractivity contribution in [2.45, 2.75) is 36.9 Å². The summed E-state index contributed by atoms with van der Waals surface area (Å²) in [6.45, 7) is 4.45. The molecule has 2 unspecified atom stereocenters. The van der Waals surface area contributed by atoms with Crippen molar-refractivity contribution < 1.29 is 13.3 Å². The summed E-state index contributed by atoms with van der Waals surface area (Å²) in [7, 11) is -2.13. The molecule has 1 saturated heterocycles. The van der Waals surface area contributed by atoms with Crippen molar-refractivity contribution in [3.05, 3.63) is 16.2 Å². The number of nitrogens with zero attached hydrogens (tertiary/aromatic N) is 2. The van der Waals surface area contributed by atoms with Crippen LogP contribution < -0.4 is 5.32 Å². The van der Waals surface area contributed by atoms with Crippen molar-refractivity contribution in [1.82, 2.24) is 4.31 Å². The summed E-state index contributed by atoms with van der Waals surface area (Å²) in [5.74, 6) is 0.497. The van der Waals surface area contributed by atoms with Gasteiger partial charge in [-0.3, -0.25) is 10.1 Å². The third kappa shape index (κ3) is 3.04. The Morgan fingerprint density at radius 3 is 2.62 bits per heavy atom. The first-order chi connectivity index (χ1) is 9.77. The molecule has 0 spiro atoms. The SMILES string of the molecule is CNc1sc(S(=O)(=O)N2CCC(C)CC2C)cc1[N+](=O)[O-]. The normalized spacial score (nSPS) is 24.0. The van der Waals surface area contributed by atoms with E-state index in [-0.39, 0.29) is 20.9 Å². The van der Waals surface area contributed by atoms with Gasteiger partial charge < -0.3 is 5.32 Å². The first kappa shape index (κ1) is 16.2. The second kappa shape index (κ2) is 5.90. The van der Waals surface area contributed by atoms with Crippen molar-refractivity contribution in [2.24, 2.45) is 5.92 Å². The number of sulfonamides is 1. The minimum Gasteiger partial charge on any atom is -0.374 e. The summed E-state index contributed by atoms with van der Waals surface area (Å²) >= 11 is 0.909. The van der Waals surface area contributed by atoms with Gasteiger partial charge in [-0.05, 0) is 25.7 Å². The Balaban J connectivity index is 2.38. The molecule has 2 atom stereocenters. The van der Waals surface area contributed by atoms with E-state index in [2.05, 4.69) is 12.2 Å². The quantitative estimate of drug-likeness (QED) is 0.675. The molecule has 0 aromatic carbocycles. The van der Waals surface area contributed by atoms with Gasteiger partial charge in [0, 0.05) is 25.7 Å². The van der Waals surface area contributed by atoms with E-state index in [0.29, 0.717) is 12.5 Å². The number of nitrogens with one attached hydrogen (secondary N) is 1. The number of hydrogen-bond donors (Lipinski definition) is 1. The monoisotopic (exact) mass is 333 g/mol. The third-order valence-corrected chi connectivity index (χ3v) is 7.36. The number of hydrogen-bond acceptors (Lipinski definition) is 6. The fourth-order valence-electron chi connectivity index (χ4n) is 2.66. The zero-order valence-corrected chi connectivity index (χ0v) is 13.8. The van der Waals surface area contributed by atoms with Gasteiger partial charge in [0.25, 0.3) is 10.0 Å². The summed E-state index contributed by atoms with van der Waals surface area (Å²) in [5.41, 5.74) is -0.195. The smallest absolute Gasteiger partial charge is 0.304 e. The van der Waals surface area contributed by atoms with Gasteiger partial charge in [-0.1, -0.05) is 18.3 Å². The molecule has 21 heavy (non-hydrogen) atoms. The molecule has 2 rings (SSSR count). The van der Waals surface area contributed by atoms with Gasteiger partial charge in [0.05, 0.1) is 4.92 Å². The molecule has 0 amide bonds. The lowest BCUT2D eigenvalue weighted by atomic mass is 9.95. The summed E-state index contributed by atoms with van der Waals surface area (Å²) in [5, 5.41) is 13.9. The van der Waals surface area contributed by atoms with Crippen LogP contribution >= 0.6 is 11.3 Å². The average molecular weight is 333 g/mol. The maximum absolute atomic E-state index is 12.7. The van der Waals surface area contributed by atoms with E-state index in [1.165, 1.54) is 4.31 Å². The molecule has 1 fully saturated rings. The van der Waals surface area contributed by atoms with Crippen LogP contribution in [0.4, 0.5) is 10.7 Å². The van der Waals surface area contributed by atoms with Crippen molar-refractivity contribution >= 4 is 32.0 Å². The minimum absolute atomic E-state index is 0.0277. The average Bonchev–Trinajstić information content (AvgIpc) is 2.83. The van der Waals surface area contributed by atoms with Crippen LogP contribution in [-0.2, 0) is 10.0 Å². The van der Waals surface area contributed by atoms with E-state index >= 15 is 0 Å². The second-order valence-corrected chi connectivity index (χ2v) is 8.55. The molecule has 1 aliphatic rings. The molecule has 1 aliphatic heterocycles. The fourth-order valence-corrected chi connectivity index (χ4v) is 5.73. The predicted molar refractivity (Wildman–Crippen MR) is 82.3 cm³/mol. The number of rotatable bonds is 4. The Bertz CT molecular complexity index is 641. The van der Waals surface area contributed by atoms with E-state index in [1.807, 2.05) is 6.92 Å². The Hall–Kier alpha value is -1.19. The van der Waals surface area contributed by atoms with E-state index < -0.39 is 14.9 Å². The maximum Gasteiger partial charge on any atom is 0.304 e. The molecule has 0 radical (unpaired) electrons. The van der Waals surface area contributed by atoms with Gasteiger partial charge in [-0.15, -0.1) is 0 Å². The molecule has 9 heteroatoms. The molecule has 0 aliphatic carbocycles. The van der Waals surface area contributed by atoms with Crippen LogP contribution in [0.25, 0.3) is 0 Å². The number of piperidine rings is 1. The molecule has 1 aromatic rings. The summed E-state index contributed by atoms with van der Waals surface area (Å²) < 4.78 is 26.9. The topological polar surface area (TPSA) is 92.6 Å². The molecule has 2 heterocycles. The van der Waals surface area contributed by atoms with Crippen LogP contribution in [0.15, 0.2) is 10.3 Å². The van der Waals surface area contributed by atoms with E-state index in [1.54, 1.807) is 7.05 Å². The third-order valence-electron chi connectivity index (χ3n) is 3.75.